The molecule has 78 valence electrons. The van der Waals surface area contributed by atoms with Crippen molar-refractivity contribution >= 4 is 5.82 Å². The van der Waals surface area contributed by atoms with Gasteiger partial charge in [-0.3, -0.25) is 0 Å². The van der Waals surface area contributed by atoms with Crippen LogP contribution in [0.5, 0.6) is 5.88 Å². The molecule has 0 saturated heterocycles. The van der Waals surface area contributed by atoms with E-state index in [1.54, 1.807) is 7.11 Å². The number of methoxy groups -OCH3 is 1. The molecule has 0 unspecified atom stereocenters. The summed E-state index contributed by atoms with van der Waals surface area (Å²) in [5, 5.41) is 3.20. The van der Waals surface area contributed by atoms with Crippen molar-refractivity contribution in [3.63, 3.8) is 0 Å². The summed E-state index contributed by atoms with van der Waals surface area (Å²) >= 11 is 0. The fourth-order valence-electron chi connectivity index (χ4n) is 1.37. The van der Waals surface area contributed by atoms with Crippen molar-refractivity contribution in [1.29, 1.82) is 0 Å². The van der Waals surface area contributed by atoms with E-state index >= 15 is 0 Å². The standard InChI is InChI=1S/C10H17N3O/c1-5-11-9-8(7(2)3)10(14-4)13-6-12-9/h6-7H,5H2,1-4H3,(H,11,12,13). The summed E-state index contributed by atoms with van der Waals surface area (Å²) < 4.78 is 5.20. The number of nitrogens with zero attached hydrogens (tertiary/aromatic N) is 2. The molecule has 1 heterocycles. The minimum absolute atomic E-state index is 0.347. The van der Waals surface area contributed by atoms with Crippen LogP contribution in [0, 0.1) is 0 Å². The van der Waals surface area contributed by atoms with Crippen molar-refractivity contribution in [1.82, 2.24) is 9.97 Å². The quantitative estimate of drug-likeness (QED) is 0.798. The number of hydrogen-bond donors (Lipinski definition) is 1. The summed E-state index contributed by atoms with van der Waals surface area (Å²) in [5.41, 5.74) is 1.04. The Balaban J connectivity index is 3.14. The van der Waals surface area contributed by atoms with Crippen molar-refractivity contribution < 1.29 is 4.74 Å². The largest absolute Gasteiger partial charge is 0.481 e. The first-order chi connectivity index (χ1) is 6.70. The first-order valence-corrected chi connectivity index (χ1v) is 4.83. The molecule has 0 aliphatic rings. The molecular weight excluding hydrogens is 178 g/mol. The predicted octanol–water partition coefficient (Wildman–Crippen LogP) is 2.04. The van der Waals surface area contributed by atoms with Gasteiger partial charge in [0.25, 0.3) is 0 Å². The Morgan fingerprint density at radius 2 is 2.14 bits per heavy atom. The molecule has 1 N–H and O–H groups in total. The third-order valence-corrected chi connectivity index (χ3v) is 1.96. The van der Waals surface area contributed by atoms with Gasteiger partial charge >= 0.3 is 0 Å². The lowest BCUT2D eigenvalue weighted by Gasteiger charge is -2.14. The van der Waals surface area contributed by atoms with Crippen LogP contribution in [0.25, 0.3) is 0 Å². The van der Waals surface area contributed by atoms with Gasteiger partial charge in [-0.25, -0.2) is 9.97 Å². The predicted molar refractivity (Wildman–Crippen MR) is 56.8 cm³/mol. The minimum atomic E-state index is 0.347. The van der Waals surface area contributed by atoms with Gasteiger partial charge in [-0.1, -0.05) is 13.8 Å². The summed E-state index contributed by atoms with van der Waals surface area (Å²) in [7, 11) is 1.63. The van der Waals surface area contributed by atoms with E-state index in [0.717, 1.165) is 17.9 Å². The van der Waals surface area contributed by atoms with E-state index < -0.39 is 0 Å². The van der Waals surface area contributed by atoms with Crippen LogP contribution in [0.2, 0.25) is 0 Å². The molecule has 1 aromatic rings. The van der Waals surface area contributed by atoms with Gasteiger partial charge in [-0.2, -0.15) is 0 Å². The maximum Gasteiger partial charge on any atom is 0.221 e. The van der Waals surface area contributed by atoms with Crippen LogP contribution in [0.1, 0.15) is 32.3 Å². The normalized spacial score (nSPS) is 10.4. The van der Waals surface area contributed by atoms with Gasteiger partial charge in [0.15, 0.2) is 0 Å². The van der Waals surface area contributed by atoms with Gasteiger partial charge in [0.05, 0.1) is 12.7 Å². The zero-order valence-electron chi connectivity index (χ0n) is 9.16. The third kappa shape index (κ3) is 2.13. The highest BCUT2D eigenvalue weighted by Crippen LogP contribution is 2.29. The zero-order chi connectivity index (χ0) is 10.6. The molecule has 0 fully saturated rings. The molecule has 14 heavy (non-hydrogen) atoms. The average Bonchev–Trinajstić information content (AvgIpc) is 2.17. The number of aromatic nitrogens is 2. The van der Waals surface area contributed by atoms with Crippen LogP contribution in [-0.4, -0.2) is 23.6 Å². The summed E-state index contributed by atoms with van der Waals surface area (Å²) in [4.78, 5) is 8.28. The Bertz CT molecular complexity index is 299. The SMILES string of the molecule is CCNc1ncnc(OC)c1C(C)C. The molecule has 4 nitrogen and oxygen atoms in total. The highest BCUT2D eigenvalue weighted by Gasteiger charge is 2.14. The van der Waals surface area contributed by atoms with E-state index in [-0.39, 0.29) is 0 Å². The summed E-state index contributed by atoms with van der Waals surface area (Å²) in [6, 6.07) is 0. The average molecular weight is 195 g/mol. The fraction of sp³-hybridized carbons (Fsp3) is 0.600. The van der Waals surface area contributed by atoms with Crippen molar-refractivity contribution in [3.8, 4) is 5.88 Å². The van der Waals surface area contributed by atoms with Crippen LogP contribution in [-0.2, 0) is 0 Å². The molecule has 0 spiro atoms. The molecule has 0 aliphatic carbocycles. The fourth-order valence-corrected chi connectivity index (χ4v) is 1.37. The van der Waals surface area contributed by atoms with Gasteiger partial charge in [-0.05, 0) is 12.8 Å². The van der Waals surface area contributed by atoms with Gasteiger partial charge < -0.3 is 10.1 Å². The van der Waals surface area contributed by atoms with Crippen molar-refractivity contribution in [2.24, 2.45) is 0 Å². The van der Waals surface area contributed by atoms with Crippen molar-refractivity contribution in [3.05, 3.63) is 11.9 Å². The summed E-state index contributed by atoms with van der Waals surface area (Å²) in [6.07, 6.45) is 1.52. The maximum atomic E-state index is 5.20. The van der Waals surface area contributed by atoms with Gasteiger partial charge in [0.2, 0.25) is 5.88 Å². The molecular formula is C10H17N3O. The van der Waals surface area contributed by atoms with E-state index in [9.17, 15) is 0 Å². The lowest BCUT2D eigenvalue weighted by molar-refractivity contribution is 0.389. The molecule has 1 aromatic heterocycles. The summed E-state index contributed by atoms with van der Waals surface area (Å²) in [5.74, 6) is 1.88. The lowest BCUT2D eigenvalue weighted by atomic mass is 10.1. The number of nitrogens with one attached hydrogen (secondary N) is 1. The Labute approximate surface area is 84.7 Å². The van der Waals surface area contributed by atoms with E-state index in [0.29, 0.717) is 11.8 Å². The minimum Gasteiger partial charge on any atom is -0.481 e. The molecule has 0 saturated carbocycles. The highest BCUT2D eigenvalue weighted by atomic mass is 16.5. The van der Waals surface area contributed by atoms with E-state index in [4.69, 9.17) is 4.74 Å². The first kappa shape index (κ1) is 10.8. The Morgan fingerprint density at radius 3 is 2.64 bits per heavy atom. The third-order valence-electron chi connectivity index (χ3n) is 1.96. The lowest BCUT2D eigenvalue weighted by Crippen LogP contribution is -2.07. The zero-order valence-corrected chi connectivity index (χ0v) is 9.16. The van der Waals surface area contributed by atoms with E-state index in [1.807, 2.05) is 6.92 Å². The smallest absolute Gasteiger partial charge is 0.221 e. The van der Waals surface area contributed by atoms with Crippen LogP contribution in [0.15, 0.2) is 6.33 Å². The summed E-state index contributed by atoms with van der Waals surface area (Å²) in [6.45, 7) is 7.09. The molecule has 0 radical (unpaired) electrons. The second kappa shape index (κ2) is 4.79. The van der Waals surface area contributed by atoms with Gasteiger partial charge in [0.1, 0.15) is 12.1 Å². The monoisotopic (exact) mass is 195 g/mol. The Morgan fingerprint density at radius 1 is 1.43 bits per heavy atom. The number of ether oxygens (including phenoxy) is 1. The van der Waals surface area contributed by atoms with Crippen LogP contribution < -0.4 is 10.1 Å². The van der Waals surface area contributed by atoms with Crippen molar-refractivity contribution in [2.45, 2.75) is 26.7 Å². The molecule has 4 heteroatoms. The molecule has 0 atom stereocenters. The van der Waals surface area contributed by atoms with Crippen molar-refractivity contribution in [2.75, 3.05) is 19.0 Å². The topological polar surface area (TPSA) is 47.0 Å². The Kier molecular flexibility index (Phi) is 3.68. The van der Waals surface area contributed by atoms with Gasteiger partial charge in [0, 0.05) is 6.54 Å². The molecule has 0 amide bonds. The number of hydrogen-bond acceptors (Lipinski definition) is 4. The second-order valence-electron chi connectivity index (χ2n) is 3.33. The maximum absolute atomic E-state index is 5.20. The molecule has 0 aliphatic heterocycles. The number of rotatable bonds is 4. The van der Waals surface area contributed by atoms with Crippen LogP contribution in [0.4, 0.5) is 5.82 Å². The van der Waals surface area contributed by atoms with Gasteiger partial charge in [-0.15, -0.1) is 0 Å². The number of anilines is 1. The molecule has 0 bridgehead atoms. The Hall–Kier alpha value is -1.32. The first-order valence-electron chi connectivity index (χ1n) is 4.83. The molecule has 0 aromatic carbocycles. The second-order valence-corrected chi connectivity index (χ2v) is 3.33. The highest BCUT2D eigenvalue weighted by molar-refractivity contribution is 5.50. The molecule has 1 rings (SSSR count). The van der Waals surface area contributed by atoms with Crippen LogP contribution in [0.3, 0.4) is 0 Å². The van der Waals surface area contributed by atoms with E-state index in [1.165, 1.54) is 6.33 Å². The van der Waals surface area contributed by atoms with E-state index in [2.05, 4.69) is 29.1 Å². The van der Waals surface area contributed by atoms with Crippen LogP contribution >= 0.6 is 0 Å².